The predicted octanol–water partition coefficient (Wildman–Crippen LogP) is 15.6. The van der Waals surface area contributed by atoms with Crippen molar-refractivity contribution < 1.29 is 4.42 Å². The van der Waals surface area contributed by atoms with E-state index in [9.17, 15) is 0 Å². The SMILES string of the molecule is Cc1cc2c3c(c1)N(c1ccc(-c4cccc5c4oc4ccccc45)cc1)c1cc4c(cc1B3c1cc(C(C)(C)C)ccc1N2c1ccc2c(c1)C(C)(C)c1ccccc1-2)C(C)(C)CCC4(C)C. The number of aryl methyl sites for hydroxylation is 1. The van der Waals surface area contributed by atoms with Crippen molar-refractivity contribution in [3.63, 3.8) is 0 Å². The van der Waals surface area contributed by atoms with Crippen LogP contribution in [-0.2, 0) is 21.7 Å². The normalized spacial score (nSPS) is 16.8. The molecule has 3 heterocycles. The van der Waals surface area contributed by atoms with E-state index < -0.39 is 0 Å². The van der Waals surface area contributed by atoms with Crippen molar-refractivity contribution in [2.45, 2.75) is 104 Å². The number of anilines is 6. The molecule has 2 aliphatic carbocycles. The third-order valence-electron chi connectivity index (χ3n) is 16.7. The average Bonchev–Trinajstić information content (AvgIpc) is 3.81. The van der Waals surface area contributed by atoms with Crippen LogP contribution in [0.3, 0.4) is 0 Å². The van der Waals surface area contributed by atoms with Crippen LogP contribution in [0.25, 0.3) is 44.2 Å². The van der Waals surface area contributed by atoms with Gasteiger partial charge in [-0.2, -0.15) is 0 Å². The second-order valence-corrected chi connectivity index (χ2v) is 23.3. The lowest BCUT2D eigenvalue weighted by Crippen LogP contribution is -2.62. The Balaban J connectivity index is 1.07. The average molecular weight is 883 g/mol. The van der Waals surface area contributed by atoms with Gasteiger partial charge in [-0.1, -0.05) is 159 Å². The maximum absolute atomic E-state index is 6.57. The number of rotatable bonds is 3. The summed E-state index contributed by atoms with van der Waals surface area (Å²) in [6, 6.07) is 58.1. The zero-order valence-corrected chi connectivity index (χ0v) is 41.2. The number of nitrogens with zero attached hydrogens (tertiary/aromatic N) is 2. The van der Waals surface area contributed by atoms with Crippen LogP contribution in [0.5, 0.6) is 0 Å². The zero-order chi connectivity index (χ0) is 46.8. The van der Waals surface area contributed by atoms with Crippen molar-refractivity contribution in [3.05, 3.63) is 185 Å². The maximum Gasteiger partial charge on any atom is 0.252 e. The summed E-state index contributed by atoms with van der Waals surface area (Å²) in [5, 5.41) is 2.30. The van der Waals surface area contributed by atoms with Gasteiger partial charge in [0.1, 0.15) is 11.2 Å². The first-order chi connectivity index (χ1) is 32.5. The highest BCUT2D eigenvalue weighted by Gasteiger charge is 2.47. The Morgan fingerprint density at radius 2 is 1.12 bits per heavy atom. The van der Waals surface area contributed by atoms with Crippen molar-refractivity contribution in [1.82, 2.24) is 0 Å². The Kier molecular flexibility index (Phi) is 8.47. The van der Waals surface area contributed by atoms with Crippen molar-refractivity contribution in [3.8, 4) is 22.3 Å². The molecule has 4 aliphatic rings. The first-order valence-electron chi connectivity index (χ1n) is 24.8. The van der Waals surface area contributed by atoms with Crippen LogP contribution in [0.2, 0.25) is 0 Å². The lowest BCUT2D eigenvalue weighted by Gasteiger charge is -2.47. The highest BCUT2D eigenvalue weighted by molar-refractivity contribution is 7.00. The minimum absolute atomic E-state index is 0.0283. The number of hydrogen-bond donors (Lipinski definition) is 0. The van der Waals surface area contributed by atoms with Crippen LogP contribution in [0.15, 0.2) is 156 Å². The molecule has 0 atom stereocenters. The summed E-state index contributed by atoms with van der Waals surface area (Å²) < 4.78 is 6.57. The number of para-hydroxylation sites is 2. The fourth-order valence-electron chi connectivity index (χ4n) is 12.8. The number of furan rings is 1. The lowest BCUT2D eigenvalue weighted by atomic mass is 9.33. The smallest absolute Gasteiger partial charge is 0.252 e. The molecule has 3 nitrogen and oxygen atoms in total. The van der Waals surface area contributed by atoms with E-state index in [2.05, 4.69) is 231 Å². The summed E-state index contributed by atoms with van der Waals surface area (Å²) in [5.41, 5.74) is 26.7. The topological polar surface area (TPSA) is 19.6 Å². The third-order valence-corrected chi connectivity index (χ3v) is 16.7. The van der Waals surface area contributed by atoms with E-state index in [4.69, 9.17) is 4.42 Å². The molecule has 0 bridgehead atoms. The molecule has 0 unspecified atom stereocenters. The molecule has 334 valence electrons. The largest absolute Gasteiger partial charge is 0.455 e. The summed E-state index contributed by atoms with van der Waals surface area (Å²) in [7, 11) is 0. The highest BCUT2D eigenvalue weighted by atomic mass is 16.3. The van der Waals surface area contributed by atoms with Gasteiger partial charge < -0.3 is 14.2 Å². The second-order valence-electron chi connectivity index (χ2n) is 23.3. The number of benzene rings is 8. The summed E-state index contributed by atoms with van der Waals surface area (Å²) in [4.78, 5) is 5.22. The van der Waals surface area contributed by atoms with Gasteiger partial charge in [-0.15, -0.1) is 0 Å². The Morgan fingerprint density at radius 1 is 0.500 bits per heavy atom. The van der Waals surface area contributed by atoms with Gasteiger partial charge in [0, 0.05) is 55.9 Å². The molecule has 9 aromatic rings. The minimum atomic E-state index is -0.122. The molecule has 2 aliphatic heterocycles. The van der Waals surface area contributed by atoms with Gasteiger partial charge in [-0.25, -0.2) is 0 Å². The van der Waals surface area contributed by atoms with E-state index in [0.29, 0.717) is 0 Å². The molecule has 0 amide bonds. The Bertz CT molecular complexity index is 3620. The fraction of sp³-hybridized carbons (Fsp3) is 0.250. The van der Waals surface area contributed by atoms with Gasteiger partial charge in [0.25, 0.3) is 6.71 Å². The molecular weight excluding hydrogens is 824 g/mol. The van der Waals surface area contributed by atoms with Gasteiger partial charge >= 0.3 is 0 Å². The molecule has 13 rings (SSSR count). The molecule has 0 N–H and O–H groups in total. The molecule has 0 radical (unpaired) electrons. The highest BCUT2D eigenvalue weighted by Crippen LogP contribution is 2.53. The Morgan fingerprint density at radius 3 is 1.87 bits per heavy atom. The molecule has 0 saturated carbocycles. The van der Waals surface area contributed by atoms with Crippen LogP contribution in [0.4, 0.5) is 34.1 Å². The maximum atomic E-state index is 6.57. The van der Waals surface area contributed by atoms with Gasteiger partial charge in [0.05, 0.1) is 0 Å². The summed E-state index contributed by atoms with van der Waals surface area (Å²) in [6.07, 6.45) is 2.32. The standard InChI is InChI=1S/C64H59BN2O/c1-38-32-56-59-57(33-38)67(42-27-28-45-44-16-11-13-20-48(44)64(9,10)49(45)35-42)54-29-24-40(61(2,3)4)34-52(54)65(59)53-36-50-51(63(7,8)31-30-62(50,5)6)37-55(53)66(56)41-25-22-39(23-26-41)43-18-15-19-47-46-17-12-14-21-58(46)68-60(43)47/h11-29,32-37H,30-31H2,1-10H3. The Labute approximate surface area is 402 Å². The first-order valence-corrected chi connectivity index (χ1v) is 24.8. The van der Waals surface area contributed by atoms with Crippen molar-refractivity contribution in [2.24, 2.45) is 0 Å². The van der Waals surface area contributed by atoms with E-state index >= 15 is 0 Å². The lowest BCUT2D eigenvalue weighted by molar-refractivity contribution is 0.332. The molecule has 1 aromatic heterocycles. The Hall–Kier alpha value is -6.78. The van der Waals surface area contributed by atoms with E-state index in [1.165, 1.54) is 89.3 Å². The van der Waals surface area contributed by atoms with Crippen LogP contribution in [0.1, 0.15) is 109 Å². The van der Waals surface area contributed by atoms with Crippen molar-refractivity contribution >= 4 is 79.2 Å². The third kappa shape index (κ3) is 5.79. The van der Waals surface area contributed by atoms with E-state index in [1.807, 2.05) is 0 Å². The molecule has 4 heteroatoms. The van der Waals surface area contributed by atoms with E-state index in [-0.39, 0.29) is 28.4 Å². The van der Waals surface area contributed by atoms with Gasteiger partial charge in [-0.05, 0) is 157 Å². The van der Waals surface area contributed by atoms with E-state index in [0.717, 1.165) is 51.6 Å². The van der Waals surface area contributed by atoms with Crippen LogP contribution in [-0.4, -0.2) is 6.71 Å². The van der Waals surface area contributed by atoms with Crippen LogP contribution in [0, 0.1) is 6.92 Å². The predicted molar refractivity (Wildman–Crippen MR) is 289 cm³/mol. The fourth-order valence-corrected chi connectivity index (χ4v) is 12.8. The van der Waals surface area contributed by atoms with Gasteiger partial charge in [0.2, 0.25) is 0 Å². The summed E-state index contributed by atoms with van der Waals surface area (Å²) in [5.74, 6) is 0. The summed E-state index contributed by atoms with van der Waals surface area (Å²) in [6.45, 7) is 24.0. The zero-order valence-electron chi connectivity index (χ0n) is 41.2. The van der Waals surface area contributed by atoms with Crippen molar-refractivity contribution in [2.75, 3.05) is 9.80 Å². The number of hydrogen-bond acceptors (Lipinski definition) is 3. The molecule has 0 spiro atoms. The monoisotopic (exact) mass is 882 g/mol. The molecule has 0 fully saturated rings. The van der Waals surface area contributed by atoms with E-state index in [1.54, 1.807) is 0 Å². The van der Waals surface area contributed by atoms with Crippen molar-refractivity contribution in [1.29, 1.82) is 0 Å². The van der Waals surface area contributed by atoms with Crippen LogP contribution >= 0.6 is 0 Å². The van der Waals surface area contributed by atoms with Crippen LogP contribution < -0.4 is 26.2 Å². The minimum Gasteiger partial charge on any atom is -0.455 e. The van der Waals surface area contributed by atoms with Gasteiger partial charge in [0.15, 0.2) is 0 Å². The molecule has 68 heavy (non-hydrogen) atoms. The summed E-state index contributed by atoms with van der Waals surface area (Å²) >= 11 is 0. The quantitative estimate of drug-likeness (QED) is 0.165. The first kappa shape index (κ1) is 41.4. The molecule has 8 aromatic carbocycles. The van der Waals surface area contributed by atoms with Gasteiger partial charge in [-0.3, -0.25) is 0 Å². The second kappa shape index (κ2) is 13.9. The molecular formula is C64H59BN2O. The molecule has 0 saturated heterocycles. The number of fused-ring (bicyclic) bond motifs is 11.